The number of ether oxygens (including phenoxy) is 1. The van der Waals surface area contributed by atoms with Crippen molar-refractivity contribution in [3.63, 3.8) is 0 Å². The molecule has 8 nitrogen and oxygen atoms in total. The average molecular weight is 382 g/mol. The van der Waals surface area contributed by atoms with E-state index in [1.54, 1.807) is 36.4 Å². The van der Waals surface area contributed by atoms with Crippen LogP contribution in [0.1, 0.15) is 43.9 Å². The number of nitrogens with one attached hydrogen (secondary N) is 1. The van der Waals surface area contributed by atoms with Crippen LogP contribution >= 0.6 is 0 Å². The highest BCUT2D eigenvalue weighted by atomic mass is 16.7. The number of methoxy groups -OCH3 is 1. The fraction of sp³-hybridized carbons (Fsp3) is 0.200. The second-order valence-corrected chi connectivity index (χ2v) is 6.00. The molecule has 1 aliphatic heterocycles. The van der Waals surface area contributed by atoms with Gasteiger partial charge >= 0.3 is 5.97 Å². The molecule has 1 heterocycles. The predicted molar refractivity (Wildman–Crippen MR) is 97.6 cm³/mol. The third-order valence-electron chi connectivity index (χ3n) is 4.15. The quantitative estimate of drug-likeness (QED) is 0.580. The SMILES string of the molecule is COc1ccc(C(=O)NCCCC(=O)ON2C(=O)c3ccccc3C2=O)cc1. The molecule has 28 heavy (non-hydrogen) atoms. The van der Waals surface area contributed by atoms with Crippen LogP contribution in [0, 0.1) is 0 Å². The standard InChI is InChI=1S/C20H18N2O6/c1-27-14-10-8-13(9-11-14)18(24)21-12-4-7-17(23)28-22-19(25)15-5-2-3-6-16(15)20(22)26/h2-3,5-6,8-11H,4,7,12H2,1H3,(H,21,24). The van der Waals surface area contributed by atoms with E-state index in [9.17, 15) is 19.2 Å². The van der Waals surface area contributed by atoms with Crippen LogP contribution in [0.3, 0.4) is 0 Å². The molecule has 0 unspecified atom stereocenters. The molecule has 2 aromatic rings. The largest absolute Gasteiger partial charge is 0.497 e. The van der Waals surface area contributed by atoms with Gasteiger partial charge in [0, 0.05) is 18.5 Å². The summed E-state index contributed by atoms with van der Waals surface area (Å²) in [4.78, 5) is 53.1. The molecule has 0 aromatic heterocycles. The molecule has 0 atom stereocenters. The summed E-state index contributed by atoms with van der Waals surface area (Å²) in [6.07, 6.45) is 0.236. The third kappa shape index (κ3) is 4.01. The van der Waals surface area contributed by atoms with Crippen LogP contribution in [0.5, 0.6) is 5.75 Å². The van der Waals surface area contributed by atoms with Crippen molar-refractivity contribution in [1.29, 1.82) is 0 Å². The van der Waals surface area contributed by atoms with Gasteiger partial charge in [-0.3, -0.25) is 14.4 Å². The summed E-state index contributed by atoms with van der Waals surface area (Å²) in [5, 5.41) is 3.16. The third-order valence-corrected chi connectivity index (χ3v) is 4.15. The number of carbonyl (C=O) groups is 4. The van der Waals surface area contributed by atoms with Crippen LogP contribution < -0.4 is 10.1 Å². The van der Waals surface area contributed by atoms with Gasteiger partial charge in [-0.1, -0.05) is 17.2 Å². The van der Waals surface area contributed by atoms with Gasteiger partial charge in [-0.05, 0) is 42.8 Å². The predicted octanol–water partition coefficient (Wildman–Crippen LogP) is 1.96. The molecular weight excluding hydrogens is 364 g/mol. The van der Waals surface area contributed by atoms with Gasteiger partial charge < -0.3 is 14.9 Å². The number of carbonyl (C=O) groups excluding carboxylic acids is 4. The summed E-state index contributed by atoms with van der Waals surface area (Å²) >= 11 is 0. The Hall–Kier alpha value is -3.68. The first kappa shape index (κ1) is 19.1. The van der Waals surface area contributed by atoms with E-state index in [1.165, 1.54) is 19.2 Å². The summed E-state index contributed by atoms with van der Waals surface area (Å²) < 4.78 is 5.03. The number of hydrogen-bond acceptors (Lipinski definition) is 6. The molecule has 1 N–H and O–H groups in total. The fourth-order valence-electron chi connectivity index (χ4n) is 2.68. The van der Waals surface area contributed by atoms with E-state index in [-0.39, 0.29) is 30.0 Å². The van der Waals surface area contributed by atoms with Crippen molar-refractivity contribution >= 4 is 23.7 Å². The van der Waals surface area contributed by atoms with Crippen molar-refractivity contribution in [3.8, 4) is 5.75 Å². The number of hydroxylamine groups is 2. The van der Waals surface area contributed by atoms with E-state index in [0.717, 1.165) is 0 Å². The van der Waals surface area contributed by atoms with Crippen LogP contribution in [0.4, 0.5) is 0 Å². The van der Waals surface area contributed by atoms with E-state index >= 15 is 0 Å². The Morgan fingerprint density at radius 3 is 2.14 bits per heavy atom. The van der Waals surface area contributed by atoms with Crippen LogP contribution in [-0.4, -0.2) is 42.4 Å². The summed E-state index contributed by atoms with van der Waals surface area (Å²) in [5.41, 5.74) is 0.869. The summed E-state index contributed by atoms with van der Waals surface area (Å²) in [6, 6.07) is 12.9. The van der Waals surface area contributed by atoms with E-state index in [4.69, 9.17) is 9.57 Å². The smallest absolute Gasteiger partial charge is 0.333 e. The van der Waals surface area contributed by atoms with Gasteiger partial charge in [-0.25, -0.2) is 4.79 Å². The Balaban J connectivity index is 1.43. The summed E-state index contributed by atoms with van der Waals surface area (Å²) in [7, 11) is 1.54. The number of imide groups is 1. The lowest BCUT2D eigenvalue weighted by molar-refractivity contribution is -0.168. The zero-order valence-corrected chi connectivity index (χ0v) is 15.1. The fourth-order valence-corrected chi connectivity index (χ4v) is 2.68. The monoisotopic (exact) mass is 382 g/mol. The topological polar surface area (TPSA) is 102 Å². The highest BCUT2D eigenvalue weighted by Gasteiger charge is 2.38. The van der Waals surface area contributed by atoms with E-state index in [0.29, 0.717) is 22.8 Å². The summed E-state index contributed by atoms with van der Waals surface area (Å²) in [5.74, 6) is -1.69. The van der Waals surface area contributed by atoms with Gasteiger partial charge in [0.15, 0.2) is 0 Å². The molecule has 0 fully saturated rings. The minimum atomic E-state index is -0.729. The maximum absolute atomic E-state index is 12.1. The molecule has 1 aliphatic rings. The molecule has 0 radical (unpaired) electrons. The Bertz CT molecular complexity index is 888. The second kappa shape index (κ2) is 8.34. The molecular formula is C20H18N2O6. The molecule has 3 rings (SSSR count). The zero-order chi connectivity index (χ0) is 20.1. The normalized spacial score (nSPS) is 12.5. The molecule has 0 aliphatic carbocycles. The lowest BCUT2D eigenvalue weighted by Gasteiger charge is -2.12. The van der Waals surface area contributed by atoms with E-state index in [1.807, 2.05) is 0 Å². The van der Waals surface area contributed by atoms with Crippen LogP contribution in [-0.2, 0) is 9.63 Å². The summed E-state index contributed by atoms with van der Waals surface area (Å²) in [6.45, 7) is 0.238. The molecule has 3 amide bonds. The van der Waals surface area contributed by atoms with Crippen molar-refractivity contribution < 1.29 is 28.8 Å². The molecule has 2 aromatic carbocycles. The zero-order valence-electron chi connectivity index (χ0n) is 15.1. The molecule has 144 valence electrons. The minimum Gasteiger partial charge on any atom is -0.497 e. The van der Waals surface area contributed by atoms with E-state index < -0.39 is 17.8 Å². The Kier molecular flexibility index (Phi) is 5.69. The van der Waals surface area contributed by atoms with Crippen molar-refractivity contribution in [3.05, 3.63) is 65.2 Å². The highest BCUT2D eigenvalue weighted by Crippen LogP contribution is 2.22. The Labute approximate surface area is 161 Å². The molecule has 0 spiro atoms. The van der Waals surface area contributed by atoms with Crippen molar-refractivity contribution in [1.82, 2.24) is 10.4 Å². The number of fused-ring (bicyclic) bond motifs is 1. The van der Waals surface area contributed by atoms with Crippen molar-refractivity contribution in [2.75, 3.05) is 13.7 Å². The Morgan fingerprint density at radius 2 is 1.57 bits per heavy atom. The van der Waals surface area contributed by atoms with Crippen molar-refractivity contribution in [2.45, 2.75) is 12.8 Å². The number of hydrogen-bond donors (Lipinski definition) is 1. The lowest BCUT2D eigenvalue weighted by atomic mass is 10.1. The highest BCUT2D eigenvalue weighted by molar-refractivity contribution is 6.20. The van der Waals surface area contributed by atoms with Gasteiger partial charge in [0.1, 0.15) is 5.75 Å². The van der Waals surface area contributed by atoms with Crippen LogP contribution in [0.2, 0.25) is 0 Å². The number of benzene rings is 2. The molecule has 0 saturated heterocycles. The molecule has 8 heteroatoms. The van der Waals surface area contributed by atoms with E-state index in [2.05, 4.69) is 5.32 Å². The number of nitrogens with zero attached hydrogens (tertiary/aromatic N) is 1. The van der Waals surface area contributed by atoms with Gasteiger partial charge in [0.05, 0.1) is 18.2 Å². The van der Waals surface area contributed by atoms with Gasteiger partial charge in [-0.2, -0.15) is 0 Å². The number of amides is 3. The lowest BCUT2D eigenvalue weighted by Crippen LogP contribution is -2.33. The van der Waals surface area contributed by atoms with Gasteiger partial charge in [0.25, 0.3) is 17.7 Å². The van der Waals surface area contributed by atoms with Crippen LogP contribution in [0.15, 0.2) is 48.5 Å². The molecule has 0 saturated carbocycles. The Morgan fingerprint density at radius 1 is 0.964 bits per heavy atom. The maximum atomic E-state index is 12.1. The van der Waals surface area contributed by atoms with Gasteiger partial charge in [0.2, 0.25) is 0 Å². The minimum absolute atomic E-state index is 0.0592. The first-order valence-corrected chi connectivity index (χ1v) is 8.62. The second-order valence-electron chi connectivity index (χ2n) is 6.00. The molecule has 0 bridgehead atoms. The number of rotatable bonds is 7. The first-order chi connectivity index (χ1) is 13.5. The van der Waals surface area contributed by atoms with Crippen molar-refractivity contribution in [2.24, 2.45) is 0 Å². The maximum Gasteiger partial charge on any atom is 0.333 e. The van der Waals surface area contributed by atoms with Crippen LogP contribution in [0.25, 0.3) is 0 Å². The first-order valence-electron chi connectivity index (χ1n) is 8.62. The average Bonchev–Trinajstić information content (AvgIpc) is 2.96. The van der Waals surface area contributed by atoms with Gasteiger partial charge in [-0.15, -0.1) is 0 Å².